The first-order valence-corrected chi connectivity index (χ1v) is 13.9. The molecular weight excluding hydrogens is 583 g/mol. The number of hydrazine groups is 1. The number of halogens is 1. The van der Waals surface area contributed by atoms with Crippen LogP contribution in [0.4, 0.5) is 5.69 Å². The van der Waals surface area contributed by atoms with Crippen LogP contribution < -0.4 is 16.2 Å². The molecule has 0 spiro atoms. The molecule has 1 unspecified atom stereocenters. The number of nitriles is 2. The monoisotopic (exact) mass is 616 g/mol. The van der Waals surface area contributed by atoms with Gasteiger partial charge in [-0.25, -0.2) is 10.4 Å². The van der Waals surface area contributed by atoms with Gasteiger partial charge in [0.2, 0.25) is 0 Å². The summed E-state index contributed by atoms with van der Waals surface area (Å²) in [5.41, 5.74) is 10.4. The first-order chi connectivity index (χ1) is 18.3. The summed E-state index contributed by atoms with van der Waals surface area (Å²) in [6.07, 6.45) is 1.67. The molecule has 194 valence electrons. The summed E-state index contributed by atoms with van der Waals surface area (Å²) in [5.74, 6) is 1.01. The van der Waals surface area contributed by atoms with Gasteiger partial charge in [0.25, 0.3) is 0 Å². The van der Waals surface area contributed by atoms with Gasteiger partial charge in [-0.1, -0.05) is 36.4 Å². The topological polar surface area (TPSA) is 96.0 Å². The van der Waals surface area contributed by atoms with Crippen molar-refractivity contribution < 1.29 is 0 Å². The lowest BCUT2D eigenvalue weighted by molar-refractivity contribution is 0.281. The zero-order valence-electron chi connectivity index (χ0n) is 22.0. The second kappa shape index (κ2) is 12.5. The van der Waals surface area contributed by atoms with Gasteiger partial charge in [0.15, 0.2) is 0 Å². The molecule has 3 aromatic rings. The van der Waals surface area contributed by atoms with Crippen LogP contribution >= 0.6 is 22.6 Å². The van der Waals surface area contributed by atoms with E-state index in [9.17, 15) is 10.5 Å². The zero-order valence-corrected chi connectivity index (χ0v) is 24.2. The highest BCUT2D eigenvalue weighted by atomic mass is 127. The van der Waals surface area contributed by atoms with Gasteiger partial charge in [0.1, 0.15) is 5.84 Å². The van der Waals surface area contributed by atoms with Crippen molar-refractivity contribution in [2.75, 3.05) is 6.54 Å². The maximum absolute atomic E-state index is 10.2. The molecule has 0 amide bonds. The van der Waals surface area contributed by atoms with Crippen LogP contribution in [0.3, 0.4) is 0 Å². The lowest BCUT2D eigenvalue weighted by Crippen LogP contribution is -2.42. The predicted octanol–water partition coefficient (Wildman–Crippen LogP) is 6.29. The number of rotatable bonds is 9. The van der Waals surface area contributed by atoms with Crippen LogP contribution in [0.2, 0.25) is 0 Å². The van der Waals surface area contributed by atoms with Crippen molar-refractivity contribution in [1.82, 2.24) is 16.2 Å². The Morgan fingerprint density at radius 1 is 1.03 bits per heavy atom. The van der Waals surface area contributed by atoms with Crippen LogP contribution in [0, 0.1) is 31.6 Å². The zero-order chi connectivity index (χ0) is 27.1. The highest BCUT2D eigenvalue weighted by Crippen LogP contribution is 2.37. The fraction of sp³-hybridized carbons (Fsp3) is 0.323. The quantitative estimate of drug-likeness (QED) is 0.246. The molecule has 1 saturated heterocycles. The summed E-state index contributed by atoms with van der Waals surface area (Å²) < 4.78 is 1.20. The van der Waals surface area contributed by atoms with Crippen molar-refractivity contribution >= 4 is 34.1 Å². The number of hydrogen-bond acceptors (Lipinski definition) is 5. The summed E-state index contributed by atoms with van der Waals surface area (Å²) in [5, 5.41) is 23.5. The van der Waals surface area contributed by atoms with Crippen LogP contribution in [0.1, 0.15) is 61.4 Å². The fourth-order valence-electron chi connectivity index (χ4n) is 4.88. The Balaban J connectivity index is 1.68. The van der Waals surface area contributed by atoms with Crippen LogP contribution in [-0.4, -0.2) is 18.4 Å². The van der Waals surface area contributed by atoms with E-state index >= 15 is 0 Å². The third-order valence-corrected chi connectivity index (χ3v) is 7.76. The fourth-order valence-corrected chi connectivity index (χ4v) is 5.24. The number of benzene rings is 3. The molecule has 0 bridgehead atoms. The van der Waals surface area contributed by atoms with Crippen molar-refractivity contribution in [2.24, 2.45) is 10.4 Å². The van der Waals surface area contributed by atoms with Crippen molar-refractivity contribution in [1.29, 1.82) is 10.5 Å². The summed E-state index contributed by atoms with van der Waals surface area (Å²) in [6, 6.07) is 29.2. The molecule has 0 saturated carbocycles. The summed E-state index contributed by atoms with van der Waals surface area (Å²) in [6.45, 7) is 6.98. The first kappa shape index (κ1) is 27.8. The van der Waals surface area contributed by atoms with Crippen molar-refractivity contribution in [3.63, 3.8) is 0 Å². The molecule has 3 N–H and O–H groups in total. The molecule has 4 rings (SSSR count). The number of hydrogen-bond donors (Lipinski definition) is 3. The second-order valence-electron chi connectivity index (χ2n) is 10.4. The van der Waals surface area contributed by atoms with E-state index < -0.39 is 5.41 Å². The largest absolute Gasteiger partial charge is 0.309 e. The molecule has 1 heterocycles. The maximum Gasteiger partial charge on any atom is 0.118 e. The van der Waals surface area contributed by atoms with Crippen molar-refractivity contribution in [2.45, 2.75) is 51.6 Å². The van der Waals surface area contributed by atoms with E-state index in [0.29, 0.717) is 5.56 Å². The molecule has 1 fully saturated rings. The molecule has 3 aromatic carbocycles. The molecule has 3 atom stereocenters. The average Bonchev–Trinajstić information content (AvgIpc) is 3.44. The minimum Gasteiger partial charge on any atom is -0.309 e. The van der Waals surface area contributed by atoms with Gasteiger partial charge < -0.3 is 10.7 Å². The maximum atomic E-state index is 10.2. The van der Waals surface area contributed by atoms with Crippen LogP contribution in [0.5, 0.6) is 0 Å². The molecule has 7 heteroatoms. The van der Waals surface area contributed by atoms with E-state index in [-0.39, 0.29) is 18.0 Å². The van der Waals surface area contributed by atoms with Gasteiger partial charge in [-0.2, -0.15) is 10.5 Å². The molecule has 38 heavy (non-hydrogen) atoms. The Labute approximate surface area is 239 Å². The first-order valence-electron chi connectivity index (χ1n) is 12.9. The Morgan fingerprint density at radius 3 is 2.45 bits per heavy atom. The number of amidine groups is 1. The third kappa shape index (κ3) is 6.99. The van der Waals surface area contributed by atoms with E-state index in [4.69, 9.17) is 4.99 Å². The molecule has 1 aliphatic rings. The van der Waals surface area contributed by atoms with Crippen molar-refractivity contribution in [3.05, 3.63) is 98.6 Å². The van der Waals surface area contributed by atoms with Gasteiger partial charge >= 0.3 is 0 Å². The van der Waals surface area contributed by atoms with Gasteiger partial charge in [0.05, 0.1) is 34.8 Å². The number of nitrogens with one attached hydrogen (secondary N) is 3. The van der Waals surface area contributed by atoms with Gasteiger partial charge in [-0.3, -0.25) is 0 Å². The van der Waals surface area contributed by atoms with Crippen molar-refractivity contribution in [3.8, 4) is 12.1 Å². The number of nitrogens with zero attached hydrogens (tertiary/aromatic N) is 3. The molecule has 1 aliphatic heterocycles. The molecule has 0 aliphatic carbocycles. The molecular formula is C31H33IN6. The van der Waals surface area contributed by atoms with E-state index in [1.165, 1.54) is 9.13 Å². The van der Waals surface area contributed by atoms with E-state index in [0.717, 1.165) is 42.0 Å². The minimum absolute atomic E-state index is 0.0107. The predicted molar refractivity (Wildman–Crippen MR) is 161 cm³/mol. The van der Waals surface area contributed by atoms with E-state index in [1.807, 2.05) is 44.2 Å². The molecule has 0 aromatic heterocycles. The number of aliphatic imine (C=N–C) groups is 1. The molecule has 0 radical (unpaired) electrons. The highest BCUT2D eigenvalue weighted by molar-refractivity contribution is 14.1. The van der Waals surface area contributed by atoms with Gasteiger partial charge in [-0.05, 0) is 103 Å². The Bertz CT molecular complexity index is 1360. The third-order valence-electron chi connectivity index (χ3n) is 7.04. The van der Waals surface area contributed by atoms with Gasteiger partial charge in [-0.15, -0.1) is 0 Å². The normalized spacial score (nSPS) is 16.7. The lowest BCUT2D eigenvalue weighted by atomic mass is 9.79. The Hall–Kier alpha value is -3.24. The van der Waals surface area contributed by atoms with Crippen LogP contribution in [0.25, 0.3) is 0 Å². The smallest absolute Gasteiger partial charge is 0.118 e. The van der Waals surface area contributed by atoms with Crippen LogP contribution in [-0.2, 0) is 6.42 Å². The second-order valence-corrected chi connectivity index (χ2v) is 11.6. The summed E-state index contributed by atoms with van der Waals surface area (Å²) >= 11 is 2.32. The van der Waals surface area contributed by atoms with E-state index in [1.54, 1.807) is 0 Å². The standard InChI is InChI=1S/C31H33IN6/c1-21(28(17-22-10-12-26(32)13-11-22)24-7-4-6-23(16-24)19-33)36-30(31(2,3)20-34)25-8-5-9-27(18-25)37-29-14-15-35-38-29/h4-13,16,18,21,28,30,35-36H,14-15,17H2,1-3H3,(H,37,38)/t21-,28+,30?/m0/s1. The van der Waals surface area contributed by atoms with E-state index in [2.05, 4.69) is 100 Å². The highest BCUT2D eigenvalue weighted by Gasteiger charge is 2.34. The summed E-state index contributed by atoms with van der Waals surface area (Å²) in [7, 11) is 0. The molecule has 6 nitrogen and oxygen atoms in total. The Kier molecular flexibility index (Phi) is 9.17. The van der Waals surface area contributed by atoms with Crippen LogP contribution in [0.15, 0.2) is 77.8 Å². The Morgan fingerprint density at radius 2 is 1.76 bits per heavy atom. The SMILES string of the molecule is C[C@H](NC(c1cccc(N=C2CCNN2)c1)C(C)(C)C#N)[C@@H](Cc1ccc(I)cc1)c1cccc(C#N)c1. The summed E-state index contributed by atoms with van der Waals surface area (Å²) in [4.78, 5) is 4.75. The van der Waals surface area contributed by atoms with Gasteiger partial charge in [0, 0.05) is 28.5 Å². The minimum atomic E-state index is -0.672. The average molecular weight is 617 g/mol. The lowest BCUT2D eigenvalue weighted by Gasteiger charge is -2.36.